The Morgan fingerprint density at radius 2 is 1.65 bits per heavy atom. The molecule has 0 N–H and O–H groups in total. The molecular weight excluding hydrogens is 521 g/mol. The van der Waals surface area contributed by atoms with Gasteiger partial charge in [-0.2, -0.15) is 23.0 Å². The lowest BCUT2D eigenvalue weighted by Crippen LogP contribution is -2.11. The summed E-state index contributed by atoms with van der Waals surface area (Å²) in [6.07, 6.45) is -4.43. The molecule has 6 nitrogen and oxygen atoms in total. The van der Waals surface area contributed by atoms with Gasteiger partial charge in [-0.1, -0.05) is 37.3 Å². The highest BCUT2D eigenvalue weighted by Crippen LogP contribution is 2.41. The Kier molecular flexibility index (Phi) is 7.48. The third kappa shape index (κ3) is 5.57. The maximum atomic E-state index is 13.1. The topological polar surface area (TPSA) is 69.9 Å². The van der Waals surface area contributed by atoms with Crippen molar-refractivity contribution in [3.63, 3.8) is 0 Å². The van der Waals surface area contributed by atoms with Crippen molar-refractivity contribution in [2.24, 2.45) is 0 Å². The highest BCUT2D eigenvalue weighted by atomic mass is 32.2. The van der Waals surface area contributed by atoms with Crippen LogP contribution in [0.1, 0.15) is 47.0 Å². The zero-order valence-corrected chi connectivity index (χ0v) is 22.7. The number of hydrogen-bond acceptors (Lipinski definition) is 7. The minimum atomic E-state index is -4.43. The van der Waals surface area contributed by atoms with Gasteiger partial charge < -0.3 is 4.74 Å². The highest BCUT2D eigenvalue weighted by molar-refractivity contribution is 8.01. The molecule has 11 heteroatoms. The van der Waals surface area contributed by atoms with E-state index in [1.807, 2.05) is 39.8 Å². The monoisotopic (exact) mass is 546 g/mol. The summed E-state index contributed by atoms with van der Waals surface area (Å²) < 4.78 is 46.7. The number of esters is 1. The number of pyridine rings is 1. The van der Waals surface area contributed by atoms with Crippen molar-refractivity contribution in [2.75, 3.05) is 7.11 Å². The number of thioether (sulfide) groups is 1. The lowest BCUT2D eigenvalue weighted by atomic mass is 10.0. The molecule has 4 rings (SSSR count). The number of halogens is 3. The summed E-state index contributed by atoms with van der Waals surface area (Å²) >= 11 is 2.87. The first kappa shape index (κ1) is 26.9. The van der Waals surface area contributed by atoms with E-state index in [1.165, 1.54) is 35.3 Å². The first-order valence-corrected chi connectivity index (χ1v) is 13.1. The van der Waals surface area contributed by atoms with Crippen LogP contribution in [0.15, 0.2) is 40.6 Å². The van der Waals surface area contributed by atoms with Gasteiger partial charge in [0, 0.05) is 27.8 Å². The number of hydrogen-bond donors (Lipinski definition) is 0. The third-order valence-electron chi connectivity index (χ3n) is 5.40. The van der Waals surface area contributed by atoms with Crippen LogP contribution >= 0.6 is 23.1 Å². The maximum Gasteiger partial charge on any atom is 0.416 e. The lowest BCUT2D eigenvalue weighted by Gasteiger charge is -2.08. The van der Waals surface area contributed by atoms with Gasteiger partial charge in [0.2, 0.25) is 5.13 Å². The minimum Gasteiger partial charge on any atom is -0.464 e. The van der Waals surface area contributed by atoms with Gasteiger partial charge in [-0.3, -0.25) is 4.98 Å². The second-order valence-corrected chi connectivity index (χ2v) is 11.5. The number of thiazole rings is 1. The van der Waals surface area contributed by atoms with Gasteiger partial charge >= 0.3 is 12.1 Å². The molecule has 0 amide bonds. The quantitative estimate of drug-likeness (QED) is 0.187. The fourth-order valence-electron chi connectivity index (χ4n) is 3.95. The Bertz CT molecular complexity index is 1440. The molecule has 3 aromatic heterocycles. The van der Waals surface area contributed by atoms with E-state index in [2.05, 4.69) is 10.1 Å². The first-order chi connectivity index (χ1) is 17.4. The fourth-order valence-corrected chi connectivity index (χ4v) is 6.43. The van der Waals surface area contributed by atoms with Crippen LogP contribution in [0.3, 0.4) is 0 Å². The van der Waals surface area contributed by atoms with Gasteiger partial charge in [0.25, 0.3) is 0 Å². The van der Waals surface area contributed by atoms with Gasteiger partial charge in [0.15, 0.2) is 5.69 Å². The van der Waals surface area contributed by atoms with Crippen molar-refractivity contribution in [3.05, 3.63) is 64.7 Å². The molecule has 0 radical (unpaired) electrons. The van der Waals surface area contributed by atoms with Crippen molar-refractivity contribution in [3.8, 4) is 27.5 Å². The van der Waals surface area contributed by atoms with Crippen LogP contribution in [-0.2, 0) is 10.9 Å². The van der Waals surface area contributed by atoms with Crippen LogP contribution in [0.4, 0.5) is 13.2 Å². The molecule has 0 aliphatic heterocycles. The predicted octanol–water partition coefficient (Wildman–Crippen LogP) is 7.29. The molecule has 4 aromatic rings. The van der Waals surface area contributed by atoms with Crippen molar-refractivity contribution in [1.82, 2.24) is 19.7 Å². The van der Waals surface area contributed by atoms with Crippen molar-refractivity contribution in [2.45, 2.75) is 50.3 Å². The molecule has 0 saturated carbocycles. The van der Waals surface area contributed by atoms with Gasteiger partial charge in [-0.15, -0.1) is 11.8 Å². The predicted molar refractivity (Wildman–Crippen MR) is 139 cm³/mol. The fraction of sp³-hybridized carbons (Fsp3) is 0.308. The van der Waals surface area contributed by atoms with E-state index in [0.29, 0.717) is 27.6 Å². The number of methoxy groups -OCH3 is 1. The average molecular weight is 547 g/mol. The molecule has 3 heterocycles. The number of carbonyl (C=O) groups is 1. The van der Waals surface area contributed by atoms with Gasteiger partial charge in [0.05, 0.1) is 28.3 Å². The molecule has 0 saturated heterocycles. The molecule has 0 spiro atoms. The molecule has 1 aromatic carbocycles. The van der Waals surface area contributed by atoms with E-state index in [9.17, 15) is 18.0 Å². The summed E-state index contributed by atoms with van der Waals surface area (Å²) in [5.74, 6) is -0.577. The smallest absolute Gasteiger partial charge is 0.416 e. The van der Waals surface area contributed by atoms with Crippen LogP contribution in [-0.4, -0.2) is 38.1 Å². The van der Waals surface area contributed by atoms with Crippen LogP contribution in [0, 0.1) is 20.8 Å². The second kappa shape index (κ2) is 10.3. The summed E-state index contributed by atoms with van der Waals surface area (Å²) in [6, 6.07) is 8.67. The normalized spacial score (nSPS) is 11.8. The molecule has 0 aliphatic carbocycles. The Morgan fingerprint density at radius 1 is 1.03 bits per heavy atom. The number of aromatic nitrogens is 4. The zero-order valence-electron chi connectivity index (χ0n) is 21.1. The molecule has 0 unspecified atom stereocenters. The molecule has 0 fully saturated rings. The molecule has 0 atom stereocenters. The standard InChI is InChI=1S/C26H25F3N4O2S2/c1-13(2)36-24-21(17-7-9-19(10-8-17)26(27,28)29)31-25(37-24)33-22(23(34)35-6)20(16(5)32-33)18-11-14(3)30-15(4)12-18/h7-13H,1-6H3. The number of carbonyl (C=O) groups excluding carboxylic acids is 1. The third-order valence-corrected chi connectivity index (χ3v) is 7.65. The minimum absolute atomic E-state index is 0.194. The number of rotatable bonds is 6. The van der Waals surface area contributed by atoms with Gasteiger partial charge in [-0.25, -0.2) is 9.78 Å². The van der Waals surface area contributed by atoms with Crippen LogP contribution in [0.25, 0.3) is 27.5 Å². The van der Waals surface area contributed by atoms with Gasteiger partial charge in [0.1, 0.15) is 0 Å². The first-order valence-electron chi connectivity index (χ1n) is 11.4. The van der Waals surface area contributed by atoms with E-state index < -0.39 is 17.7 Å². The largest absolute Gasteiger partial charge is 0.464 e. The van der Waals surface area contributed by atoms with E-state index in [1.54, 1.807) is 18.7 Å². The molecule has 37 heavy (non-hydrogen) atoms. The number of aryl methyl sites for hydroxylation is 3. The van der Waals surface area contributed by atoms with Crippen LogP contribution < -0.4 is 0 Å². The lowest BCUT2D eigenvalue weighted by molar-refractivity contribution is -0.137. The van der Waals surface area contributed by atoms with Crippen molar-refractivity contribution in [1.29, 1.82) is 0 Å². The second-order valence-electron chi connectivity index (χ2n) is 8.73. The Labute approximate surface area is 220 Å². The molecule has 0 aliphatic rings. The van der Waals surface area contributed by atoms with E-state index in [-0.39, 0.29) is 10.9 Å². The van der Waals surface area contributed by atoms with Crippen molar-refractivity contribution >= 4 is 29.1 Å². The maximum absolute atomic E-state index is 13.1. The Balaban J connectivity index is 1.91. The zero-order chi connectivity index (χ0) is 27.1. The Morgan fingerprint density at radius 3 is 2.19 bits per heavy atom. The summed E-state index contributed by atoms with van der Waals surface area (Å²) in [7, 11) is 1.30. The average Bonchev–Trinajstić information content (AvgIpc) is 3.37. The number of ether oxygens (including phenoxy) is 1. The highest BCUT2D eigenvalue weighted by Gasteiger charge is 2.31. The number of benzene rings is 1. The van der Waals surface area contributed by atoms with Crippen molar-refractivity contribution < 1.29 is 22.7 Å². The van der Waals surface area contributed by atoms with Crippen LogP contribution in [0.2, 0.25) is 0 Å². The van der Waals surface area contributed by atoms with E-state index in [4.69, 9.17) is 9.72 Å². The van der Waals surface area contributed by atoms with Gasteiger partial charge in [-0.05, 0) is 50.6 Å². The summed E-state index contributed by atoms with van der Waals surface area (Å²) in [5.41, 5.74) is 4.17. The summed E-state index contributed by atoms with van der Waals surface area (Å²) in [5, 5.41) is 5.25. The van der Waals surface area contributed by atoms with E-state index >= 15 is 0 Å². The molecular formula is C26H25F3N4O2S2. The molecule has 194 valence electrons. The SMILES string of the molecule is COC(=O)c1c(-c2cc(C)nc(C)c2)c(C)nn1-c1nc(-c2ccc(C(F)(F)F)cc2)c(SC(C)C)s1. The number of nitrogens with zero attached hydrogens (tertiary/aromatic N) is 4. The Hall–Kier alpha value is -3.18. The summed E-state index contributed by atoms with van der Waals surface area (Å²) in [4.78, 5) is 22.2. The van der Waals surface area contributed by atoms with E-state index in [0.717, 1.165) is 33.3 Å². The summed E-state index contributed by atoms with van der Waals surface area (Å²) in [6.45, 7) is 9.59. The number of alkyl halides is 3. The van der Waals surface area contributed by atoms with Crippen LogP contribution in [0.5, 0.6) is 0 Å². The molecule has 0 bridgehead atoms.